The molecule has 0 spiro atoms. The first-order chi connectivity index (χ1) is 19.5. The number of methoxy groups -OCH3 is 1. The molecule has 1 heterocycles. The van der Waals surface area contributed by atoms with Gasteiger partial charge in [-0.05, 0) is 52.6 Å². The van der Waals surface area contributed by atoms with Crippen molar-refractivity contribution in [1.29, 1.82) is 0 Å². The van der Waals surface area contributed by atoms with Crippen LogP contribution in [0.3, 0.4) is 0 Å². The number of hydrogen-bond acceptors (Lipinski definition) is 3. The zero-order valence-corrected chi connectivity index (χ0v) is 22.5. The quantitative estimate of drug-likeness (QED) is 0.231. The Hall–Kier alpha value is -4.49. The van der Waals surface area contributed by atoms with Gasteiger partial charge in [0.25, 0.3) is 5.91 Å². The number of ether oxygens (including phenoxy) is 1. The highest BCUT2D eigenvalue weighted by atomic mass is 19.1. The standard InChI is InChI=1S/C33H32FN3O3/c1-40-20-19-37(33(39)30-11-6-8-25-7-2-3-9-28(25)30)23-32(38)36(22-24-13-15-27(34)16-14-24)18-17-26-21-35-31-12-5-4-10-29(26)31/h2-16,21,35H,17-20,22-23H2,1H3. The number of halogens is 1. The molecule has 7 heteroatoms. The second-order valence-electron chi connectivity index (χ2n) is 9.80. The second kappa shape index (κ2) is 12.6. The number of carbonyl (C=O) groups excluding carboxylic acids is 2. The molecule has 0 bridgehead atoms. The summed E-state index contributed by atoms with van der Waals surface area (Å²) in [5, 5.41) is 2.92. The van der Waals surface area contributed by atoms with E-state index in [1.807, 2.05) is 60.8 Å². The molecule has 5 rings (SSSR count). The summed E-state index contributed by atoms with van der Waals surface area (Å²) in [5.41, 5.74) is 3.51. The zero-order valence-electron chi connectivity index (χ0n) is 22.5. The van der Waals surface area contributed by atoms with Crippen LogP contribution in [0.4, 0.5) is 4.39 Å². The van der Waals surface area contributed by atoms with Crippen LogP contribution in [-0.2, 0) is 22.5 Å². The highest BCUT2D eigenvalue weighted by Crippen LogP contribution is 2.21. The lowest BCUT2D eigenvalue weighted by Crippen LogP contribution is -2.44. The number of nitrogens with zero attached hydrogens (tertiary/aromatic N) is 2. The largest absolute Gasteiger partial charge is 0.383 e. The van der Waals surface area contributed by atoms with E-state index < -0.39 is 0 Å². The molecule has 4 aromatic carbocycles. The van der Waals surface area contributed by atoms with Crippen molar-refractivity contribution < 1.29 is 18.7 Å². The summed E-state index contributed by atoms with van der Waals surface area (Å²) < 4.78 is 18.9. The molecule has 0 unspecified atom stereocenters. The summed E-state index contributed by atoms with van der Waals surface area (Å²) in [6.45, 7) is 1.23. The Bertz CT molecular complexity index is 1610. The average molecular weight is 538 g/mol. The maximum Gasteiger partial charge on any atom is 0.255 e. The van der Waals surface area contributed by atoms with Crippen LogP contribution in [0.1, 0.15) is 21.5 Å². The molecular weight excluding hydrogens is 505 g/mol. The number of para-hydroxylation sites is 1. The SMILES string of the molecule is COCCN(CC(=O)N(CCc1c[nH]c2ccccc12)Cc1ccc(F)cc1)C(=O)c1cccc2ccccc12. The number of rotatable bonds is 11. The fourth-order valence-corrected chi connectivity index (χ4v) is 5.00. The molecule has 0 saturated carbocycles. The molecule has 0 radical (unpaired) electrons. The maximum absolute atomic E-state index is 13.8. The van der Waals surface area contributed by atoms with Gasteiger partial charge in [0, 0.05) is 49.4 Å². The van der Waals surface area contributed by atoms with Crippen LogP contribution < -0.4 is 0 Å². The van der Waals surface area contributed by atoms with Crippen molar-refractivity contribution in [3.63, 3.8) is 0 Å². The van der Waals surface area contributed by atoms with Crippen LogP contribution >= 0.6 is 0 Å². The lowest BCUT2D eigenvalue weighted by Gasteiger charge is -2.28. The number of fused-ring (bicyclic) bond motifs is 2. The van der Waals surface area contributed by atoms with E-state index in [1.54, 1.807) is 35.1 Å². The first-order valence-corrected chi connectivity index (χ1v) is 13.4. The first-order valence-electron chi connectivity index (χ1n) is 13.4. The number of H-pyrrole nitrogens is 1. The third-order valence-corrected chi connectivity index (χ3v) is 7.16. The van der Waals surface area contributed by atoms with Crippen molar-refractivity contribution in [2.75, 3.05) is 33.4 Å². The molecule has 1 N–H and O–H groups in total. The van der Waals surface area contributed by atoms with Crippen molar-refractivity contribution in [2.45, 2.75) is 13.0 Å². The van der Waals surface area contributed by atoms with Crippen molar-refractivity contribution in [1.82, 2.24) is 14.8 Å². The fourth-order valence-electron chi connectivity index (χ4n) is 5.00. The monoisotopic (exact) mass is 537 g/mol. The predicted octanol–water partition coefficient (Wildman–Crippen LogP) is 5.82. The normalized spacial score (nSPS) is 11.2. The van der Waals surface area contributed by atoms with Crippen molar-refractivity contribution in [3.05, 3.63) is 120 Å². The van der Waals surface area contributed by atoms with Gasteiger partial charge in [-0.3, -0.25) is 9.59 Å². The predicted molar refractivity (Wildman–Crippen MR) is 156 cm³/mol. The molecule has 2 amide bonds. The van der Waals surface area contributed by atoms with Gasteiger partial charge in [-0.2, -0.15) is 0 Å². The average Bonchev–Trinajstić information content (AvgIpc) is 3.40. The summed E-state index contributed by atoms with van der Waals surface area (Å²) >= 11 is 0. The number of aromatic amines is 1. The second-order valence-corrected chi connectivity index (χ2v) is 9.80. The molecule has 0 aliphatic heterocycles. The topological polar surface area (TPSA) is 65.6 Å². The molecule has 0 fully saturated rings. The third kappa shape index (κ3) is 6.21. The molecule has 0 atom stereocenters. The van der Waals surface area contributed by atoms with E-state index in [9.17, 15) is 14.0 Å². The molecule has 6 nitrogen and oxygen atoms in total. The molecular formula is C33H32FN3O3. The Morgan fingerprint density at radius 1 is 0.825 bits per heavy atom. The van der Waals surface area contributed by atoms with Gasteiger partial charge >= 0.3 is 0 Å². The van der Waals surface area contributed by atoms with Gasteiger partial charge in [-0.15, -0.1) is 0 Å². The lowest BCUT2D eigenvalue weighted by atomic mass is 10.0. The van der Waals surface area contributed by atoms with Gasteiger partial charge in [-0.25, -0.2) is 4.39 Å². The van der Waals surface area contributed by atoms with Crippen LogP contribution in [0.25, 0.3) is 21.7 Å². The number of carbonyl (C=O) groups is 2. The summed E-state index contributed by atoms with van der Waals surface area (Å²) in [4.78, 5) is 34.2. The summed E-state index contributed by atoms with van der Waals surface area (Å²) in [7, 11) is 1.57. The number of benzene rings is 4. The Labute approximate surface area is 233 Å². The zero-order chi connectivity index (χ0) is 27.9. The highest BCUT2D eigenvalue weighted by molar-refractivity contribution is 6.07. The molecule has 5 aromatic rings. The molecule has 204 valence electrons. The van der Waals surface area contributed by atoms with E-state index in [1.165, 1.54) is 12.1 Å². The van der Waals surface area contributed by atoms with Crippen LogP contribution in [0.2, 0.25) is 0 Å². The van der Waals surface area contributed by atoms with Gasteiger partial charge in [0.15, 0.2) is 0 Å². The maximum atomic E-state index is 13.8. The van der Waals surface area contributed by atoms with E-state index >= 15 is 0 Å². The fraction of sp³-hybridized carbons (Fsp3) is 0.212. The minimum atomic E-state index is -0.327. The van der Waals surface area contributed by atoms with Crippen LogP contribution in [-0.4, -0.2) is 59.9 Å². The summed E-state index contributed by atoms with van der Waals surface area (Å²) in [6, 6.07) is 27.5. The molecule has 0 aliphatic rings. The van der Waals surface area contributed by atoms with Gasteiger partial charge in [0.1, 0.15) is 12.4 Å². The van der Waals surface area contributed by atoms with E-state index in [2.05, 4.69) is 11.1 Å². The summed E-state index contributed by atoms with van der Waals surface area (Å²) in [5.74, 6) is -0.735. The first kappa shape index (κ1) is 27.1. The molecule has 40 heavy (non-hydrogen) atoms. The molecule has 1 aromatic heterocycles. The molecule has 0 saturated heterocycles. The van der Waals surface area contributed by atoms with Crippen LogP contribution in [0, 0.1) is 5.82 Å². The van der Waals surface area contributed by atoms with Crippen LogP contribution in [0.5, 0.6) is 0 Å². The number of nitrogens with one attached hydrogen (secondary N) is 1. The molecule has 0 aliphatic carbocycles. The Balaban J connectivity index is 1.39. The minimum absolute atomic E-state index is 0.0967. The van der Waals surface area contributed by atoms with Crippen LogP contribution in [0.15, 0.2) is 97.2 Å². The van der Waals surface area contributed by atoms with E-state index in [4.69, 9.17) is 4.74 Å². The summed E-state index contributed by atoms with van der Waals surface area (Å²) in [6.07, 6.45) is 2.60. The number of amides is 2. The van der Waals surface area contributed by atoms with E-state index in [-0.39, 0.29) is 30.7 Å². The van der Waals surface area contributed by atoms with Crippen molar-refractivity contribution in [3.8, 4) is 0 Å². The minimum Gasteiger partial charge on any atom is -0.383 e. The van der Waals surface area contributed by atoms with Crippen molar-refractivity contribution in [2.24, 2.45) is 0 Å². The Morgan fingerprint density at radius 2 is 1.55 bits per heavy atom. The van der Waals surface area contributed by atoms with E-state index in [0.717, 1.165) is 32.8 Å². The van der Waals surface area contributed by atoms with Gasteiger partial charge in [-0.1, -0.05) is 66.7 Å². The van der Waals surface area contributed by atoms with Gasteiger partial charge in [0.2, 0.25) is 5.91 Å². The number of aromatic nitrogens is 1. The third-order valence-electron chi connectivity index (χ3n) is 7.16. The Kier molecular flexibility index (Phi) is 8.52. The van der Waals surface area contributed by atoms with Gasteiger partial charge in [0.05, 0.1) is 6.61 Å². The lowest BCUT2D eigenvalue weighted by molar-refractivity contribution is -0.132. The van der Waals surface area contributed by atoms with E-state index in [0.29, 0.717) is 31.7 Å². The highest BCUT2D eigenvalue weighted by Gasteiger charge is 2.24. The van der Waals surface area contributed by atoms with Gasteiger partial charge < -0.3 is 19.5 Å². The smallest absolute Gasteiger partial charge is 0.255 e. The number of hydrogen-bond donors (Lipinski definition) is 1. The van der Waals surface area contributed by atoms with Crippen molar-refractivity contribution >= 4 is 33.5 Å². The Morgan fingerprint density at radius 3 is 2.35 bits per heavy atom.